The molecule has 0 aliphatic heterocycles. The van der Waals surface area contributed by atoms with Crippen LogP contribution in [0.3, 0.4) is 0 Å². The van der Waals surface area contributed by atoms with E-state index in [0.717, 1.165) is 11.1 Å². The van der Waals surface area contributed by atoms with E-state index in [-0.39, 0.29) is 18.8 Å². The molecule has 0 unspecified atom stereocenters. The largest absolute Gasteiger partial charge is 0.459 e. The van der Waals surface area contributed by atoms with Crippen LogP contribution < -0.4 is 11.1 Å². The first-order valence-corrected chi connectivity index (χ1v) is 10.2. The van der Waals surface area contributed by atoms with Crippen molar-refractivity contribution in [3.05, 3.63) is 71.8 Å². The number of amides is 1. The van der Waals surface area contributed by atoms with E-state index in [0.29, 0.717) is 6.42 Å². The lowest BCUT2D eigenvalue weighted by Gasteiger charge is -2.23. The quantitative estimate of drug-likeness (QED) is 0.597. The van der Waals surface area contributed by atoms with Crippen molar-refractivity contribution in [2.45, 2.75) is 57.9 Å². The fourth-order valence-electron chi connectivity index (χ4n) is 2.81. The minimum atomic E-state index is -1.20. The molecule has 2 aromatic carbocycles. The van der Waals surface area contributed by atoms with Gasteiger partial charge in [0.2, 0.25) is 0 Å². The van der Waals surface area contributed by atoms with Crippen LogP contribution in [-0.2, 0) is 32.1 Å². The summed E-state index contributed by atoms with van der Waals surface area (Å²) in [6, 6.07) is 16.5. The maximum Gasteiger partial charge on any atom is 0.408 e. The summed E-state index contributed by atoms with van der Waals surface area (Å²) in [5.74, 6) is -1.09. The Balaban J connectivity index is 2.03. The van der Waals surface area contributed by atoms with Crippen molar-refractivity contribution in [1.82, 2.24) is 5.32 Å². The molecule has 2 rings (SSSR count). The Labute approximate surface area is 182 Å². The molecule has 0 radical (unpaired) electrons. The Morgan fingerprint density at radius 3 is 2.03 bits per heavy atom. The molecule has 0 aliphatic carbocycles. The summed E-state index contributed by atoms with van der Waals surface area (Å²) in [6.45, 7) is 5.14. The minimum Gasteiger partial charge on any atom is -0.459 e. The predicted molar refractivity (Wildman–Crippen MR) is 117 cm³/mol. The maximum atomic E-state index is 12.7. The summed E-state index contributed by atoms with van der Waals surface area (Å²) in [6.07, 6.45) is -0.766. The Morgan fingerprint density at radius 1 is 0.935 bits per heavy atom. The molecule has 0 spiro atoms. The lowest BCUT2D eigenvalue weighted by molar-refractivity contribution is -0.148. The van der Waals surface area contributed by atoms with E-state index >= 15 is 0 Å². The number of esters is 1. The van der Waals surface area contributed by atoms with Gasteiger partial charge in [-0.3, -0.25) is 4.79 Å². The normalized spacial score (nSPS) is 13.0. The molecule has 2 aromatic rings. The van der Waals surface area contributed by atoms with Gasteiger partial charge in [0.05, 0.1) is 6.04 Å². The Hall–Kier alpha value is -3.19. The van der Waals surface area contributed by atoms with Gasteiger partial charge in [0.1, 0.15) is 18.2 Å². The molecule has 7 heteroatoms. The van der Waals surface area contributed by atoms with E-state index in [1.54, 1.807) is 20.8 Å². The Kier molecular flexibility index (Phi) is 8.75. The fourth-order valence-corrected chi connectivity index (χ4v) is 2.81. The van der Waals surface area contributed by atoms with Crippen LogP contribution in [0.5, 0.6) is 0 Å². The Morgan fingerprint density at radius 2 is 1.48 bits per heavy atom. The lowest BCUT2D eigenvalue weighted by Crippen LogP contribution is -2.47. The Bertz CT molecular complexity index is 863. The van der Waals surface area contributed by atoms with Crippen molar-refractivity contribution >= 4 is 17.8 Å². The van der Waals surface area contributed by atoms with Crippen LogP contribution in [0.15, 0.2) is 60.7 Å². The number of ether oxygens (including phenoxy) is 2. The monoisotopic (exact) mass is 426 g/mol. The van der Waals surface area contributed by atoms with Crippen LogP contribution in [-0.4, -0.2) is 35.5 Å². The number of nitrogens with two attached hydrogens (primary N) is 1. The molecular weight excluding hydrogens is 396 g/mol. The van der Waals surface area contributed by atoms with Crippen molar-refractivity contribution in [3.8, 4) is 0 Å². The van der Waals surface area contributed by atoms with Crippen LogP contribution in [0.1, 0.15) is 38.3 Å². The highest BCUT2D eigenvalue weighted by molar-refractivity contribution is 5.91. The molecule has 0 bridgehead atoms. The van der Waals surface area contributed by atoms with Crippen LogP contribution in [0.25, 0.3) is 0 Å². The average molecular weight is 427 g/mol. The summed E-state index contributed by atoms with van der Waals surface area (Å²) < 4.78 is 10.5. The van der Waals surface area contributed by atoms with Crippen molar-refractivity contribution < 1.29 is 23.9 Å². The van der Waals surface area contributed by atoms with Gasteiger partial charge < -0.3 is 20.5 Å². The van der Waals surface area contributed by atoms with Crippen molar-refractivity contribution in [3.63, 3.8) is 0 Å². The van der Waals surface area contributed by atoms with Crippen LogP contribution in [0.2, 0.25) is 0 Å². The van der Waals surface area contributed by atoms with Gasteiger partial charge in [0, 0.05) is 6.42 Å². The topological polar surface area (TPSA) is 108 Å². The van der Waals surface area contributed by atoms with Crippen LogP contribution in [0.4, 0.5) is 4.79 Å². The van der Waals surface area contributed by atoms with Gasteiger partial charge in [0.15, 0.2) is 5.78 Å². The second kappa shape index (κ2) is 11.3. The molecule has 0 fully saturated rings. The number of Topliss-reactive ketones (excluding diaryl/α,β-unsaturated/α-hetero) is 1. The maximum absolute atomic E-state index is 12.7. The molecular formula is C24H30N2O5. The average Bonchev–Trinajstić information content (AvgIpc) is 2.71. The van der Waals surface area contributed by atoms with Gasteiger partial charge in [-0.25, -0.2) is 9.59 Å². The number of ketones is 1. The van der Waals surface area contributed by atoms with E-state index in [4.69, 9.17) is 15.2 Å². The van der Waals surface area contributed by atoms with Gasteiger partial charge in [-0.2, -0.15) is 0 Å². The smallest absolute Gasteiger partial charge is 0.408 e. The summed E-state index contributed by atoms with van der Waals surface area (Å²) in [5.41, 5.74) is 7.00. The van der Waals surface area contributed by atoms with E-state index < -0.39 is 29.7 Å². The first kappa shape index (κ1) is 24.1. The molecule has 0 saturated carbocycles. The van der Waals surface area contributed by atoms with Crippen LogP contribution in [0, 0.1) is 0 Å². The number of carbonyl (C=O) groups is 3. The summed E-state index contributed by atoms with van der Waals surface area (Å²) in [5, 5.41) is 2.45. The zero-order chi connectivity index (χ0) is 22.9. The molecule has 0 heterocycles. The molecule has 7 nitrogen and oxygen atoms in total. The highest BCUT2D eigenvalue weighted by atomic mass is 16.6. The molecule has 0 aromatic heterocycles. The highest BCUT2D eigenvalue weighted by Crippen LogP contribution is 2.11. The van der Waals surface area contributed by atoms with Gasteiger partial charge in [-0.15, -0.1) is 0 Å². The number of carbonyl (C=O) groups excluding carboxylic acids is 3. The first-order chi connectivity index (χ1) is 14.6. The third-order valence-electron chi connectivity index (χ3n) is 4.32. The first-order valence-electron chi connectivity index (χ1n) is 10.2. The second-order valence-electron chi connectivity index (χ2n) is 8.26. The predicted octanol–water partition coefficient (Wildman–Crippen LogP) is 3.15. The summed E-state index contributed by atoms with van der Waals surface area (Å²) >= 11 is 0. The molecule has 2 atom stereocenters. The zero-order valence-corrected chi connectivity index (χ0v) is 18.2. The van der Waals surface area contributed by atoms with Gasteiger partial charge >= 0.3 is 12.1 Å². The SMILES string of the molecule is CC(C)(C)OC(=O)N[C@@H](CC(=O)[C@@H](N)Cc1ccccc1)C(=O)OCc1ccccc1. The number of hydrogen-bond acceptors (Lipinski definition) is 6. The molecule has 3 N–H and O–H groups in total. The number of rotatable bonds is 9. The van der Waals surface area contributed by atoms with E-state index in [1.165, 1.54) is 0 Å². The molecule has 0 saturated heterocycles. The van der Waals surface area contributed by atoms with Crippen molar-refractivity contribution in [1.29, 1.82) is 0 Å². The number of alkyl carbamates (subject to hydrolysis) is 1. The number of benzene rings is 2. The van der Waals surface area contributed by atoms with Crippen LogP contribution >= 0.6 is 0 Å². The molecule has 1 amide bonds. The van der Waals surface area contributed by atoms with E-state index in [9.17, 15) is 14.4 Å². The number of hydrogen-bond donors (Lipinski definition) is 2. The van der Waals surface area contributed by atoms with Gasteiger partial charge in [-0.1, -0.05) is 60.7 Å². The fraction of sp³-hybridized carbons (Fsp3) is 0.375. The second-order valence-corrected chi connectivity index (χ2v) is 8.26. The third-order valence-corrected chi connectivity index (χ3v) is 4.32. The molecule has 166 valence electrons. The minimum absolute atomic E-state index is 0.0242. The summed E-state index contributed by atoms with van der Waals surface area (Å²) in [4.78, 5) is 37.5. The number of nitrogens with one attached hydrogen (secondary N) is 1. The van der Waals surface area contributed by atoms with Gasteiger partial charge in [-0.05, 0) is 38.3 Å². The molecule has 31 heavy (non-hydrogen) atoms. The molecule has 0 aliphatic rings. The standard InChI is InChI=1S/C24H30N2O5/c1-24(2,3)31-23(29)26-20(22(28)30-16-18-12-8-5-9-13-18)15-21(27)19(25)14-17-10-6-4-7-11-17/h4-13,19-20H,14-16,25H2,1-3H3,(H,26,29)/t19-,20-/m0/s1. The highest BCUT2D eigenvalue weighted by Gasteiger charge is 2.29. The summed E-state index contributed by atoms with van der Waals surface area (Å²) in [7, 11) is 0. The van der Waals surface area contributed by atoms with E-state index in [1.807, 2.05) is 60.7 Å². The van der Waals surface area contributed by atoms with Crippen molar-refractivity contribution in [2.75, 3.05) is 0 Å². The van der Waals surface area contributed by atoms with Gasteiger partial charge in [0.25, 0.3) is 0 Å². The third kappa shape index (κ3) is 9.00. The lowest BCUT2D eigenvalue weighted by atomic mass is 9.99. The van der Waals surface area contributed by atoms with Crippen molar-refractivity contribution in [2.24, 2.45) is 5.73 Å². The van der Waals surface area contributed by atoms with E-state index in [2.05, 4.69) is 5.32 Å². The zero-order valence-electron chi connectivity index (χ0n) is 18.2.